The second kappa shape index (κ2) is 7.20. The van der Waals surface area contributed by atoms with Crippen molar-refractivity contribution in [2.45, 2.75) is 25.2 Å². The van der Waals surface area contributed by atoms with Gasteiger partial charge in [0.2, 0.25) is 0 Å². The molecule has 4 heteroatoms. The Kier molecular flexibility index (Phi) is 6.24. The van der Waals surface area contributed by atoms with Crippen LogP contribution in [-0.4, -0.2) is 36.5 Å². The van der Waals surface area contributed by atoms with E-state index >= 15 is 0 Å². The van der Waals surface area contributed by atoms with Crippen molar-refractivity contribution in [3.05, 3.63) is 35.4 Å². The fraction of sp³-hybridized carbons (Fsp3) is 0.571. The molecule has 1 aromatic carbocycles. The Hall–Kier alpha value is -0.470. The molecule has 1 aliphatic carbocycles. The van der Waals surface area contributed by atoms with Gasteiger partial charge in [-0.15, -0.1) is 0 Å². The summed E-state index contributed by atoms with van der Waals surface area (Å²) in [5.41, 5.74) is 8.07. The summed E-state index contributed by atoms with van der Waals surface area (Å²) in [5.74, 6) is 0. The first-order valence-electron chi connectivity index (χ1n) is 6.44. The minimum atomic E-state index is -0.128. The predicted octanol–water partition coefficient (Wildman–Crippen LogP) is 1.55. The molecule has 0 amide bonds. The van der Waals surface area contributed by atoms with Crippen LogP contribution in [0.3, 0.4) is 0 Å². The number of hydrogen-bond donors (Lipinski definition) is 2. The van der Waals surface area contributed by atoms with Crippen LogP contribution in [0.4, 0.5) is 0 Å². The third-order valence-electron chi connectivity index (χ3n) is 3.39. The zero-order valence-corrected chi connectivity index (χ0v) is 12.5. The Bertz CT molecular complexity index is 365. The molecule has 0 saturated carbocycles. The molecule has 0 fully saturated rings. The van der Waals surface area contributed by atoms with E-state index < -0.39 is 0 Å². The van der Waals surface area contributed by atoms with Gasteiger partial charge in [0.15, 0.2) is 0 Å². The molecule has 0 spiro atoms. The van der Waals surface area contributed by atoms with Crippen molar-refractivity contribution in [2.24, 2.45) is 5.73 Å². The quantitative estimate of drug-likeness (QED) is 0.815. The molecule has 2 atom stereocenters. The molecule has 2 unspecified atom stereocenters. The summed E-state index contributed by atoms with van der Waals surface area (Å²) in [6.45, 7) is 4.05. The Labute approximate surface area is 113 Å². The number of aliphatic hydroxyl groups excluding tert-OH is 1. The maximum absolute atomic E-state index is 9.20. The van der Waals surface area contributed by atoms with Crippen LogP contribution in [0.2, 0.25) is 0 Å². The van der Waals surface area contributed by atoms with Crippen LogP contribution < -0.4 is 5.73 Å². The van der Waals surface area contributed by atoms with E-state index in [0.717, 1.165) is 6.42 Å². The van der Waals surface area contributed by atoms with E-state index in [2.05, 4.69) is 33.1 Å². The lowest BCUT2D eigenvalue weighted by Gasteiger charge is -2.41. The summed E-state index contributed by atoms with van der Waals surface area (Å²) in [5, 5.41) is 9.20. The van der Waals surface area contributed by atoms with Gasteiger partial charge in [0.25, 0.3) is 0 Å². The molecule has 0 aliphatic heterocycles. The Morgan fingerprint density at radius 1 is 1.44 bits per heavy atom. The van der Waals surface area contributed by atoms with Gasteiger partial charge in [-0.1, -0.05) is 40.6 Å². The van der Waals surface area contributed by atoms with Crippen LogP contribution in [0, 0.1) is 0 Å². The molecular formula is C14H25N2OP. The number of nitrogens with two attached hydrogens (primary N) is 1. The topological polar surface area (TPSA) is 49.5 Å². The molecule has 102 valence electrons. The van der Waals surface area contributed by atoms with Crippen molar-refractivity contribution in [1.29, 1.82) is 0 Å². The number of fused-ring (bicyclic) bond motifs is 1. The largest absolute Gasteiger partial charge is 0.395 e. The Balaban J connectivity index is 0.000000232. The van der Waals surface area contributed by atoms with Crippen molar-refractivity contribution >= 4 is 9.39 Å². The van der Waals surface area contributed by atoms with Gasteiger partial charge in [0.1, 0.15) is 0 Å². The van der Waals surface area contributed by atoms with E-state index in [0.29, 0.717) is 6.54 Å². The SMILES string of the molecule is CCCN(C)P.NCC1(CO)Cc2ccccc21. The van der Waals surface area contributed by atoms with Crippen molar-refractivity contribution in [1.82, 2.24) is 4.67 Å². The van der Waals surface area contributed by atoms with E-state index in [-0.39, 0.29) is 12.0 Å². The monoisotopic (exact) mass is 268 g/mol. The zero-order chi connectivity index (χ0) is 13.6. The maximum Gasteiger partial charge on any atom is 0.0543 e. The fourth-order valence-electron chi connectivity index (χ4n) is 2.29. The van der Waals surface area contributed by atoms with E-state index in [9.17, 15) is 5.11 Å². The highest BCUT2D eigenvalue weighted by Gasteiger charge is 2.40. The van der Waals surface area contributed by atoms with Crippen LogP contribution in [0.5, 0.6) is 0 Å². The van der Waals surface area contributed by atoms with Crippen LogP contribution in [0.1, 0.15) is 24.5 Å². The van der Waals surface area contributed by atoms with Crippen LogP contribution in [0.25, 0.3) is 0 Å². The first-order chi connectivity index (χ1) is 8.59. The molecule has 0 radical (unpaired) electrons. The predicted molar refractivity (Wildman–Crippen MR) is 80.6 cm³/mol. The average molecular weight is 268 g/mol. The standard InChI is InChI=1S/C10H13NO.C4H12NP/c11-6-10(7-12)5-8-3-1-2-4-9(8)10;1-3-4-5(2)6/h1-4,12H,5-7,11H2;3-4,6H2,1-2H3. The molecular weight excluding hydrogens is 243 g/mol. The summed E-state index contributed by atoms with van der Waals surface area (Å²) >= 11 is 0. The summed E-state index contributed by atoms with van der Waals surface area (Å²) in [6.07, 6.45) is 2.16. The number of aliphatic hydroxyl groups is 1. The first-order valence-corrected chi connectivity index (χ1v) is 6.96. The highest BCUT2D eigenvalue weighted by Crippen LogP contribution is 2.39. The highest BCUT2D eigenvalue weighted by molar-refractivity contribution is 7.13. The molecule has 0 aromatic heterocycles. The molecule has 3 nitrogen and oxygen atoms in total. The lowest BCUT2D eigenvalue weighted by atomic mass is 9.64. The van der Waals surface area contributed by atoms with Crippen molar-refractivity contribution < 1.29 is 5.11 Å². The molecule has 1 aliphatic rings. The molecule has 3 N–H and O–H groups in total. The number of rotatable bonds is 4. The van der Waals surface area contributed by atoms with Gasteiger partial charge in [-0.25, -0.2) is 0 Å². The number of benzene rings is 1. The van der Waals surface area contributed by atoms with Gasteiger partial charge in [0.05, 0.1) is 6.61 Å². The summed E-state index contributed by atoms with van der Waals surface area (Å²) in [7, 11) is 4.66. The maximum atomic E-state index is 9.20. The van der Waals surface area contributed by atoms with Crippen LogP contribution in [-0.2, 0) is 11.8 Å². The van der Waals surface area contributed by atoms with Crippen LogP contribution in [0.15, 0.2) is 24.3 Å². The molecule has 0 saturated heterocycles. The van der Waals surface area contributed by atoms with Gasteiger partial charge in [-0.2, -0.15) is 0 Å². The lowest BCUT2D eigenvalue weighted by Crippen LogP contribution is -2.48. The third kappa shape index (κ3) is 3.52. The second-order valence-electron chi connectivity index (χ2n) is 4.96. The number of hydrogen-bond acceptors (Lipinski definition) is 3. The van der Waals surface area contributed by atoms with Gasteiger partial charge < -0.3 is 10.8 Å². The van der Waals surface area contributed by atoms with Crippen molar-refractivity contribution in [3.8, 4) is 0 Å². The molecule has 1 aromatic rings. The Morgan fingerprint density at radius 3 is 2.50 bits per heavy atom. The van der Waals surface area contributed by atoms with Gasteiger partial charge in [0, 0.05) is 18.5 Å². The second-order valence-corrected chi connectivity index (χ2v) is 5.84. The highest BCUT2D eigenvalue weighted by atomic mass is 31.0. The van der Waals surface area contributed by atoms with Crippen LogP contribution >= 0.6 is 9.39 Å². The van der Waals surface area contributed by atoms with Crippen molar-refractivity contribution in [3.63, 3.8) is 0 Å². The molecule has 18 heavy (non-hydrogen) atoms. The summed E-state index contributed by atoms with van der Waals surface area (Å²) < 4.78 is 2.10. The van der Waals surface area contributed by atoms with Gasteiger partial charge in [-0.3, -0.25) is 4.67 Å². The van der Waals surface area contributed by atoms with E-state index in [4.69, 9.17) is 5.73 Å². The molecule has 0 heterocycles. The van der Waals surface area contributed by atoms with E-state index in [1.165, 1.54) is 24.1 Å². The lowest BCUT2D eigenvalue weighted by molar-refractivity contribution is 0.177. The van der Waals surface area contributed by atoms with E-state index in [1.807, 2.05) is 19.2 Å². The van der Waals surface area contributed by atoms with Gasteiger partial charge in [-0.05, 0) is 31.0 Å². The average Bonchev–Trinajstić information content (AvgIpc) is 2.33. The Morgan fingerprint density at radius 2 is 2.11 bits per heavy atom. The minimum Gasteiger partial charge on any atom is -0.395 e. The smallest absolute Gasteiger partial charge is 0.0543 e. The minimum absolute atomic E-state index is 0.128. The number of nitrogens with zero attached hydrogens (tertiary/aromatic N) is 1. The summed E-state index contributed by atoms with van der Waals surface area (Å²) in [4.78, 5) is 0. The molecule has 0 bridgehead atoms. The first kappa shape index (κ1) is 15.6. The normalized spacial score (nSPS) is 20.8. The van der Waals surface area contributed by atoms with Gasteiger partial charge >= 0.3 is 0 Å². The third-order valence-corrected chi connectivity index (χ3v) is 3.65. The van der Waals surface area contributed by atoms with Crippen molar-refractivity contribution in [2.75, 3.05) is 26.7 Å². The molecule has 2 rings (SSSR count). The fourth-order valence-corrected chi connectivity index (χ4v) is 2.54. The van der Waals surface area contributed by atoms with E-state index in [1.54, 1.807) is 0 Å². The summed E-state index contributed by atoms with van der Waals surface area (Å²) in [6, 6.07) is 8.18. The zero-order valence-electron chi connectivity index (χ0n) is 11.4.